The van der Waals surface area contributed by atoms with Gasteiger partial charge in [0, 0.05) is 0 Å². The fourth-order valence-electron chi connectivity index (χ4n) is 1.75. The first-order chi connectivity index (χ1) is 9.22. The van der Waals surface area contributed by atoms with Gasteiger partial charge in [-0.1, -0.05) is 6.08 Å². The number of rotatable bonds is 9. The van der Waals surface area contributed by atoms with E-state index in [4.69, 9.17) is 14.6 Å². The molecule has 0 aliphatic rings. The molecule has 1 N–H and O–H groups in total. The third kappa shape index (κ3) is 5.25. The summed E-state index contributed by atoms with van der Waals surface area (Å²) in [7, 11) is 1.60. The van der Waals surface area contributed by atoms with E-state index in [9.17, 15) is 0 Å². The normalized spacial score (nSPS) is 10.3. The van der Waals surface area contributed by atoms with Crippen LogP contribution >= 0.6 is 15.9 Å². The first-order valence-electron chi connectivity index (χ1n) is 6.44. The third-order valence-electron chi connectivity index (χ3n) is 2.77. The van der Waals surface area contributed by atoms with E-state index >= 15 is 0 Å². The molecule has 0 atom stereocenters. The van der Waals surface area contributed by atoms with Crippen molar-refractivity contribution in [3.8, 4) is 11.5 Å². The van der Waals surface area contributed by atoms with Crippen LogP contribution in [0.2, 0.25) is 0 Å². The summed E-state index contributed by atoms with van der Waals surface area (Å²) >= 11 is 3.44. The number of halogens is 1. The summed E-state index contributed by atoms with van der Waals surface area (Å²) in [6.07, 6.45) is 6.27. The molecule has 0 aromatic heterocycles. The molecule has 0 aliphatic carbocycles. The van der Waals surface area contributed by atoms with Gasteiger partial charge in [0.25, 0.3) is 0 Å². The minimum atomic E-state index is -0.0171. The number of aliphatic hydroxyl groups is 1. The first kappa shape index (κ1) is 16.1. The van der Waals surface area contributed by atoms with E-state index in [1.54, 1.807) is 13.2 Å². The highest BCUT2D eigenvalue weighted by Gasteiger charge is 2.11. The summed E-state index contributed by atoms with van der Waals surface area (Å²) in [6.45, 7) is 4.34. The summed E-state index contributed by atoms with van der Waals surface area (Å²) in [5.74, 6) is 1.34. The number of aliphatic hydroxyl groups excluding tert-OH is 1. The quantitative estimate of drug-likeness (QED) is 0.548. The van der Waals surface area contributed by atoms with E-state index in [0.717, 1.165) is 35.7 Å². The summed E-state index contributed by atoms with van der Waals surface area (Å²) in [5, 5.41) is 9.14. The summed E-state index contributed by atoms with van der Waals surface area (Å²) in [4.78, 5) is 0. The van der Waals surface area contributed by atoms with Crippen LogP contribution in [0.4, 0.5) is 0 Å². The molecule has 0 heterocycles. The van der Waals surface area contributed by atoms with Gasteiger partial charge in [-0.05, 0) is 59.3 Å². The Morgan fingerprint density at radius 3 is 2.74 bits per heavy atom. The second-order valence-corrected chi connectivity index (χ2v) is 5.11. The Bertz CT molecular complexity index is 405. The Morgan fingerprint density at radius 1 is 1.32 bits per heavy atom. The molecular formula is C15H21BrO3. The van der Waals surface area contributed by atoms with Gasteiger partial charge in [0.15, 0.2) is 11.5 Å². The zero-order valence-electron chi connectivity index (χ0n) is 11.3. The Hall–Kier alpha value is -1.00. The Morgan fingerprint density at radius 2 is 2.11 bits per heavy atom. The SMILES string of the molecule is C=CCCCCCOc1c(Br)cc(CO)cc1OC. The van der Waals surface area contributed by atoms with E-state index in [2.05, 4.69) is 22.5 Å². The van der Waals surface area contributed by atoms with Gasteiger partial charge in [-0.15, -0.1) is 6.58 Å². The van der Waals surface area contributed by atoms with E-state index in [-0.39, 0.29) is 6.61 Å². The molecule has 0 unspecified atom stereocenters. The molecule has 0 aliphatic heterocycles. The molecule has 1 rings (SSSR count). The summed E-state index contributed by atoms with van der Waals surface area (Å²) in [5.41, 5.74) is 0.794. The van der Waals surface area contributed by atoms with Gasteiger partial charge in [-0.2, -0.15) is 0 Å². The van der Waals surface area contributed by atoms with Gasteiger partial charge in [-0.25, -0.2) is 0 Å². The molecule has 4 heteroatoms. The lowest BCUT2D eigenvalue weighted by molar-refractivity contribution is 0.273. The number of hydrogen-bond acceptors (Lipinski definition) is 3. The standard InChI is InChI=1S/C15H21BrO3/c1-3-4-5-6-7-8-19-15-13(16)9-12(11-17)10-14(15)18-2/h3,9-10,17H,1,4-8,11H2,2H3. The van der Waals surface area contributed by atoms with E-state index in [1.807, 2.05) is 12.1 Å². The zero-order valence-corrected chi connectivity index (χ0v) is 12.9. The van der Waals surface area contributed by atoms with E-state index < -0.39 is 0 Å². The van der Waals surface area contributed by atoms with E-state index in [1.165, 1.54) is 0 Å². The number of allylic oxidation sites excluding steroid dienone is 1. The van der Waals surface area contributed by atoms with Crippen molar-refractivity contribution in [2.75, 3.05) is 13.7 Å². The number of benzene rings is 1. The van der Waals surface area contributed by atoms with Crippen molar-refractivity contribution in [2.24, 2.45) is 0 Å². The lowest BCUT2D eigenvalue weighted by Gasteiger charge is -2.13. The van der Waals surface area contributed by atoms with Gasteiger partial charge in [0.1, 0.15) is 0 Å². The van der Waals surface area contributed by atoms with Gasteiger partial charge in [0.2, 0.25) is 0 Å². The maximum absolute atomic E-state index is 9.14. The monoisotopic (exact) mass is 328 g/mol. The molecule has 3 nitrogen and oxygen atoms in total. The van der Waals surface area contributed by atoms with Gasteiger partial charge >= 0.3 is 0 Å². The Kier molecular flexibility index (Phi) is 7.60. The number of ether oxygens (including phenoxy) is 2. The number of methoxy groups -OCH3 is 1. The van der Waals surface area contributed by atoms with Crippen molar-refractivity contribution in [1.82, 2.24) is 0 Å². The molecule has 1 aromatic carbocycles. The van der Waals surface area contributed by atoms with Crippen molar-refractivity contribution in [1.29, 1.82) is 0 Å². The highest BCUT2D eigenvalue weighted by Crippen LogP contribution is 2.36. The zero-order chi connectivity index (χ0) is 14.1. The lowest BCUT2D eigenvalue weighted by atomic mass is 10.2. The maximum Gasteiger partial charge on any atom is 0.175 e. The second-order valence-electron chi connectivity index (χ2n) is 4.25. The van der Waals surface area contributed by atoms with Crippen LogP contribution in [0.5, 0.6) is 11.5 Å². The second kappa shape index (κ2) is 8.99. The van der Waals surface area contributed by atoms with Gasteiger partial charge in [-0.3, -0.25) is 0 Å². The molecule has 0 saturated carbocycles. The van der Waals surface area contributed by atoms with Crippen LogP contribution in [0, 0.1) is 0 Å². The number of hydrogen-bond donors (Lipinski definition) is 1. The van der Waals surface area contributed by atoms with Crippen LogP contribution in [0.3, 0.4) is 0 Å². The first-order valence-corrected chi connectivity index (χ1v) is 7.23. The average molecular weight is 329 g/mol. The van der Waals surface area contributed by atoms with Crippen LogP contribution in [0.1, 0.15) is 31.2 Å². The minimum absolute atomic E-state index is 0.0171. The molecule has 0 radical (unpaired) electrons. The average Bonchev–Trinajstić information content (AvgIpc) is 2.43. The highest BCUT2D eigenvalue weighted by atomic mass is 79.9. The molecule has 1 aromatic rings. The minimum Gasteiger partial charge on any atom is -0.493 e. The van der Waals surface area contributed by atoms with Crippen LogP contribution in [0.15, 0.2) is 29.3 Å². The van der Waals surface area contributed by atoms with Gasteiger partial charge in [0.05, 0.1) is 24.8 Å². The predicted molar refractivity (Wildman–Crippen MR) is 80.8 cm³/mol. The molecule has 0 saturated heterocycles. The predicted octanol–water partition coefficient (Wildman–Crippen LogP) is 4.08. The maximum atomic E-state index is 9.14. The number of unbranched alkanes of at least 4 members (excludes halogenated alkanes) is 3. The smallest absolute Gasteiger partial charge is 0.175 e. The fourth-order valence-corrected chi connectivity index (χ4v) is 2.35. The molecule has 0 amide bonds. The van der Waals surface area contributed by atoms with Crippen molar-refractivity contribution in [3.05, 3.63) is 34.8 Å². The summed E-state index contributed by atoms with van der Waals surface area (Å²) < 4.78 is 11.9. The Labute approximate surface area is 123 Å². The molecule has 0 spiro atoms. The van der Waals surface area contributed by atoms with Gasteiger partial charge < -0.3 is 14.6 Å². The van der Waals surface area contributed by atoms with Crippen molar-refractivity contribution in [2.45, 2.75) is 32.3 Å². The molecule has 19 heavy (non-hydrogen) atoms. The van der Waals surface area contributed by atoms with Crippen LogP contribution in [-0.2, 0) is 6.61 Å². The van der Waals surface area contributed by atoms with Crippen LogP contribution in [0.25, 0.3) is 0 Å². The summed E-state index contributed by atoms with van der Waals surface area (Å²) in [6, 6.07) is 3.63. The van der Waals surface area contributed by atoms with Crippen molar-refractivity contribution >= 4 is 15.9 Å². The molecule has 0 bridgehead atoms. The van der Waals surface area contributed by atoms with E-state index in [0.29, 0.717) is 18.1 Å². The van der Waals surface area contributed by atoms with Crippen LogP contribution in [-0.4, -0.2) is 18.8 Å². The molecular weight excluding hydrogens is 308 g/mol. The van der Waals surface area contributed by atoms with Crippen molar-refractivity contribution in [3.63, 3.8) is 0 Å². The third-order valence-corrected chi connectivity index (χ3v) is 3.36. The Balaban J connectivity index is 2.54. The lowest BCUT2D eigenvalue weighted by Crippen LogP contribution is -2.01. The molecule has 106 valence electrons. The largest absolute Gasteiger partial charge is 0.493 e. The fraction of sp³-hybridized carbons (Fsp3) is 0.467. The van der Waals surface area contributed by atoms with Crippen LogP contribution < -0.4 is 9.47 Å². The van der Waals surface area contributed by atoms with Crippen molar-refractivity contribution < 1.29 is 14.6 Å². The topological polar surface area (TPSA) is 38.7 Å². The molecule has 0 fully saturated rings. The highest BCUT2D eigenvalue weighted by molar-refractivity contribution is 9.10.